The zero-order valence-electron chi connectivity index (χ0n) is 10.9. The molecule has 1 heterocycles. The van der Waals surface area contributed by atoms with Crippen molar-refractivity contribution in [3.05, 3.63) is 53.2 Å². The summed E-state index contributed by atoms with van der Waals surface area (Å²) in [4.78, 5) is 6.61. The lowest BCUT2D eigenvalue weighted by Crippen LogP contribution is -2.13. The molecule has 0 aliphatic carbocycles. The van der Waals surface area contributed by atoms with Crippen LogP contribution in [0.1, 0.15) is 16.8 Å². The molecule has 94 valence electrons. The van der Waals surface area contributed by atoms with E-state index in [4.69, 9.17) is 11.6 Å². The first-order valence-corrected chi connectivity index (χ1v) is 6.48. The average molecular weight is 261 g/mol. The number of hydrogen-bond acceptors (Lipinski definition) is 2. The molecule has 0 spiro atoms. The normalized spacial score (nSPS) is 10.4. The highest BCUT2D eigenvalue weighted by Crippen LogP contribution is 2.26. The number of halogens is 1. The maximum atomic E-state index is 5.82. The average Bonchev–Trinajstić information content (AvgIpc) is 2.38. The number of pyridine rings is 1. The minimum atomic E-state index is 0.439. The van der Waals surface area contributed by atoms with Gasteiger partial charge in [0.15, 0.2) is 0 Å². The quantitative estimate of drug-likeness (QED) is 0.769. The molecule has 0 aliphatic heterocycles. The van der Waals surface area contributed by atoms with Crippen molar-refractivity contribution in [2.24, 2.45) is 0 Å². The first kappa shape index (κ1) is 12.9. The SMILES string of the molecule is Cc1ccc(N(C)c2cccc(CCl)n2)c(C)c1. The molecular weight excluding hydrogens is 244 g/mol. The Morgan fingerprint density at radius 3 is 2.61 bits per heavy atom. The maximum Gasteiger partial charge on any atom is 0.133 e. The first-order valence-electron chi connectivity index (χ1n) is 5.94. The Morgan fingerprint density at radius 1 is 1.17 bits per heavy atom. The van der Waals surface area contributed by atoms with Crippen LogP contribution in [0.25, 0.3) is 0 Å². The Bertz CT molecular complexity index is 552. The number of nitrogens with zero attached hydrogens (tertiary/aromatic N) is 2. The summed E-state index contributed by atoms with van der Waals surface area (Å²) in [7, 11) is 2.03. The number of benzene rings is 1. The zero-order valence-corrected chi connectivity index (χ0v) is 11.7. The Hall–Kier alpha value is -1.54. The molecule has 3 heteroatoms. The molecule has 2 nitrogen and oxygen atoms in total. The van der Waals surface area contributed by atoms with E-state index in [1.54, 1.807) is 0 Å². The minimum absolute atomic E-state index is 0.439. The summed E-state index contributed by atoms with van der Waals surface area (Å²) < 4.78 is 0. The highest BCUT2D eigenvalue weighted by molar-refractivity contribution is 6.16. The van der Waals surface area contributed by atoms with Crippen LogP contribution in [0.15, 0.2) is 36.4 Å². The van der Waals surface area contributed by atoms with Gasteiger partial charge in [-0.15, -0.1) is 11.6 Å². The molecule has 0 saturated heterocycles. The van der Waals surface area contributed by atoms with Crippen molar-refractivity contribution >= 4 is 23.1 Å². The lowest BCUT2D eigenvalue weighted by molar-refractivity contribution is 1.07. The summed E-state index contributed by atoms with van der Waals surface area (Å²) >= 11 is 5.82. The van der Waals surface area contributed by atoms with Crippen molar-refractivity contribution in [1.82, 2.24) is 4.98 Å². The smallest absolute Gasteiger partial charge is 0.133 e. The summed E-state index contributed by atoms with van der Waals surface area (Å²) in [5.74, 6) is 1.36. The van der Waals surface area contributed by atoms with Crippen LogP contribution >= 0.6 is 11.6 Å². The third-order valence-corrected chi connectivity index (χ3v) is 3.26. The Labute approximate surface area is 113 Å². The van der Waals surface area contributed by atoms with Crippen LogP contribution in [0.2, 0.25) is 0 Å². The second kappa shape index (κ2) is 5.40. The zero-order chi connectivity index (χ0) is 13.1. The molecule has 0 fully saturated rings. The molecule has 0 aliphatic rings. The summed E-state index contributed by atoms with van der Waals surface area (Å²) in [5.41, 5.74) is 4.58. The van der Waals surface area contributed by atoms with Gasteiger partial charge in [-0.1, -0.05) is 23.8 Å². The maximum absolute atomic E-state index is 5.82. The standard InChI is InChI=1S/C15H17ClN2/c1-11-7-8-14(12(2)9-11)18(3)15-6-4-5-13(10-16)17-15/h4-9H,10H2,1-3H3. The van der Waals surface area contributed by atoms with Gasteiger partial charge in [-0.3, -0.25) is 0 Å². The van der Waals surface area contributed by atoms with E-state index in [2.05, 4.69) is 41.9 Å². The molecule has 18 heavy (non-hydrogen) atoms. The lowest BCUT2D eigenvalue weighted by Gasteiger charge is -2.21. The van der Waals surface area contributed by atoms with Crippen molar-refractivity contribution < 1.29 is 0 Å². The summed E-state index contributed by atoms with van der Waals surface area (Å²) in [5, 5.41) is 0. The van der Waals surface area contributed by atoms with Gasteiger partial charge < -0.3 is 4.90 Å². The molecule has 0 unspecified atom stereocenters. The van der Waals surface area contributed by atoms with E-state index in [0.29, 0.717) is 5.88 Å². The summed E-state index contributed by atoms with van der Waals surface area (Å²) in [6.45, 7) is 4.22. The Kier molecular flexibility index (Phi) is 3.87. The second-order valence-electron chi connectivity index (χ2n) is 4.47. The molecule has 0 N–H and O–H groups in total. The lowest BCUT2D eigenvalue weighted by atomic mass is 10.1. The van der Waals surface area contributed by atoms with Gasteiger partial charge >= 0.3 is 0 Å². The van der Waals surface area contributed by atoms with Crippen molar-refractivity contribution in [3.63, 3.8) is 0 Å². The number of aryl methyl sites for hydroxylation is 2. The van der Waals surface area contributed by atoms with Gasteiger partial charge in [0.05, 0.1) is 11.6 Å². The number of alkyl halides is 1. The predicted octanol–water partition coefficient (Wildman–Crippen LogP) is 4.21. The molecule has 0 radical (unpaired) electrons. The molecule has 0 amide bonds. The van der Waals surface area contributed by atoms with Gasteiger partial charge in [-0.05, 0) is 37.6 Å². The van der Waals surface area contributed by atoms with Gasteiger partial charge in [0, 0.05) is 12.7 Å². The molecule has 2 aromatic rings. The number of hydrogen-bond donors (Lipinski definition) is 0. The molecule has 2 rings (SSSR count). The number of rotatable bonds is 3. The van der Waals surface area contributed by atoms with Crippen molar-refractivity contribution in [2.45, 2.75) is 19.7 Å². The second-order valence-corrected chi connectivity index (χ2v) is 4.74. The molecule has 0 atom stereocenters. The van der Waals surface area contributed by atoms with Crippen LogP contribution < -0.4 is 4.90 Å². The minimum Gasteiger partial charge on any atom is -0.329 e. The van der Waals surface area contributed by atoms with Crippen LogP contribution in [0.4, 0.5) is 11.5 Å². The molecule has 1 aromatic carbocycles. The predicted molar refractivity (Wildman–Crippen MR) is 77.8 cm³/mol. The van der Waals surface area contributed by atoms with Crippen molar-refractivity contribution in [3.8, 4) is 0 Å². The summed E-state index contributed by atoms with van der Waals surface area (Å²) in [6, 6.07) is 12.3. The van der Waals surface area contributed by atoms with E-state index < -0.39 is 0 Å². The van der Waals surface area contributed by atoms with Gasteiger partial charge in [-0.25, -0.2) is 4.98 Å². The first-order chi connectivity index (χ1) is 8.61. The van der Waals surface area contributed by atoms with Crippen LogP contribution in [0.3, 0.4) is 0 Å². The fraction of sp³-hybridized carbons (Fsp3) is 0.267. The van der Waals surface area contributed by atoms with Crippen LogP contribution in [0.5, 0.6) is 0 Å². The topological polar surface area (TPSA) is 16.1 Å². The third-order valence-electron chi connectivity index (χ3n) is 2.99. The molecule has 0 bridgehead atoms. The van der Waals surface area contributed by atoms with Crippen molar-refractivity contribution in [2.75, 3.05) is 11.9 Å². The van der Waals surface area contributed by atoms with E-state index in [9.17, 15) is 0 Å². The van der Waals surface area contributed by atoms with Gasteiger partial charge in [0.25, 0.3) is 0 Å². The van der Waals surface area contributed by atoms with Crippen LogP contribution in [-0.2, 0) is 5.88 Å². The van der Waals surface area contributed by atoms with Crippen LogP contribution in [-0.4, -0.2) is 12.0 Å². The van der Waals surface area contributed by atoms with E-state index in [1.807, 2.05) is 25.2 Å². The van der Waals surface area contributed by atoms with Crippen LogP contribution in [0, 0.1) is 13.8 Å². The highest BCUT2D eigenvalue weighted by atomic mass is 35.5. The van der Waals surface area contributed by atoms with E-state index >= 15 is 0 Å². The molecule has 0 saturated carbocycles. The van der Waals surface area contributed by atoms with E-state index in [0.717, 1.165) is 11.5 Å². The number of aromatic nitrogens is 1. The van der Waals surface area contributed by atoms with Gasteiger partial charge in [0.1, 0.15) is 5.82 Å². The fourth-order valence-corrected chi connectivity index (χ4v) is 2.18. The van der Waals surface area contributed by atoms with Crippen molar-refractivity contribution in [1.29, 1.82) is 0 Å². The van der Waals surface area contributed by atoms with E-state index in [-0.39, 0.29) is 0 Å². The van der Waals surface area contributed by atoms with E-state index in [1.165, 1.54) is 16.8 Å². The Morgan fingerprint density at radius 2 is 1.94 bits per heavy atom. The largest absolute Gasteiger partial charge is 0.329 e. The third kappa shape index (κ3) is 2.65. The monoisotopic (exact) mass is 260 g/mol. The molecule has 1 aromatic heterocycles. The highest BCUT2D eigenvalue weighted by Gasteiger charge is 2.08. The van der Waals surface area contributed by atoms with Gasteiger partial charge in [-0.2, -0.15) is 0 Å². The number of anilines is 2. The Balaban J connectivity index is 2.37. The van der Waals surface area contributed by atoms with Gasteiger partial charge in [0.2, 0.25) is 0 Å². The molecular formula is C15H17ClN2. The fourth-order valence-electron chi connectivity index (χ4n) is 2.03. The summed E-state index contributed by atoms with van der Waals surface area (Å²) in [6.07, 6.45) is 0.